The van der Waals surface area contributed by atoms with Crippen molar-refractivity contribution in [2.75, 3.05) is 13.2 Å². The summed E-state index contributed by atoms with van der Waals surface area (Å²) in [5.74, 6) is 3.74. The lowest BCUT2D eigenvalue weighted by atomic mass is 9.68. The smallest absolute Gasteiger partial charge is 0.122 e. The second kappa shape index (κ2) is 5.40. The molecule has 2 nitrogen and oxygen atoms in total. The van der Waals surface area contributed by atoms with Gasteiger partial charge in [0, 0.05) is 6.04 Å². The molecule has 0 radical (unpaired) electrons. The molecule has 3 atom stereocenters. The van der Waals surface area contributed by atoms with Crippen molar-refractivity contribution in [3.63, 3.8) is 0 Å². The number of benzene rings is 1. The van der Waals surface area contributed by atoms with Gasteiger partial charge in [-0.3, -0.25) is 0 Å². The fourth-order valence-corrected chi connectivity index (χ4v) is 3.85. The molecule has 4 rings (SSSR count). The summed E-state index contributed by atoms with van der Waals surface area (Å²) in [4.78, 5) is 0. The van der Waals surface area contributed by atoms with Gasteiger partial charge < -0.3 is 10.1 Å². The van der Waals surface area contributed by atoms with Gasteiger partial charge in [-0.1, -0.05) is 18.2 Å². The first-order valence-corrected chi connectivity index (χ1v) is 8.35. The van der Waals surface area contributed by atoms with Gasteiger partial charge in [-0.25, -0.2) is 0 Å². The van der Waals surface area contributed by atoms with Crippen LogP contribution in [0.1, 0.15) is 50.0 Å². The van der Waals surface area contributed by atoms with Gasteiger partial charge in [0.25, 0.3) is 0 Å². The standard InChI is InChI=1S/C18H25NO/c1-2-4-18-17(3-1)14(9-10-20-18)11-13-5-6-15(13)12-19-16-7-8-16/h1-4,13-16,19H,5-12H2. The Bertz CT molecular complexity index is 468. The third-order valence-corrected chi connectivity index (χ3v) is 5.49. The van der Waals surface area contributed by atoms with E-state index < -0.39 is 0 Å². The van der Waals surface area contributed by atoms with Crippen molar-refractivity contribution in [3.05, 3.63) is 29.8 Å². The van der Waals surface area contributed by atoms with Gasteiger partial charge in [0.05, 0.1) is 6.61 Å². The largest absolute Gasteiger partial charge is 0.493 e. The van der Waals surface area contributed by atoms with Crippen LogP contribution in [0.25, 0.3) is 0 Å². The molecule has 108 valence electrons. The Balaban J connectivity index is 1.37. The molecule has 20 heavy (non-hydrogen) atoms. The molecule has 0 spiro atoms. The van der Waals surface area contributed by atoms with E-state index in [9.17, 15) is 0 Å². The highest BCUT2D eigenvalue weighted by atomic mass is 16.5. The van der Waals surface area contributed by atoms with Crippen LogP contribution in [0.2, 0.25) is 0 Å². The maximum Gasteiger partial charge on any atom is 0.122 e. The predicted molar refractivity (Wildman–Crippen MR) is 81.2 cm³/mol. The molecule has 0 saturated heterocycles. The minimum atomic E-state index is 0.730. The lowest BCUT2D eigenvalue weighted by Crippen LogP contribution is -2.37. The van der Waals surface area contributed by atoms with Crippen molar-refractivity contribution in [1.82, 2.24) is 5.32 Å². The zero-order chi connectivity index (χ0) is 13.4. The van der Waals surface area contributed by atoms with Gasteiger partial charge in [0.2, 0.25) is 0 Å². The normalized spacial score (nSPS) is 32.1. The monoisotopic (exact) mass is 271 g/mol. The minimum absolute atomic E-state index is 0.730. The van der Waals surface area contributed by atoms with Gasteiger partial charge in [-0.05, 0) is 74.5 Å². The second-order valence-corrected chi connectivity index (χ2v) is 6.89. The molecule has 3 unspecified atom stereocenters. The molecule has 2 heteroatoms. The van der Waals surface area contributed by atoms with Crippen molar-refractivity contribution in [2.45, 2.75) is 50.5 Å². The summed E-state index contributed by atoms with van der Waals surface area (Å²) < 4.78 is 5.79. The molecule has 0 amide bonds. The first-order valence-electron chi connectivity index (χ1n) is 8.35. The highest BCUT2D eigenvalue weighted by Gasteiger charge is 2.35. The van der Waals surface area contributed by atoms with Crippen LogP contribution >= 0.6 is 0 Å². The number of hydrogen-bond acceptors (Lipinski definition) is 2. The Kier molecular flexibility index (Phi) is 3.43. The fourth-order valence-electron chi connectivity index (χ4n) is 3.85. The summed E-state index contributed by atoms with van der Waals surface area (Å²) in [5.41, 5.74) is 1.46. The first-order chi connectivity index (χ1) is 9.90. The molecule has 0 aromatic heterocycles. The van der Waals surface area contributed by atoms with E-state index in [1.807, 2.05) is 0 Å². The molecule has 1 aromatic carbocycles. The number of rotatable bonds is 5. The third-order valence-electron chi connectivity index (χ3n) is 5.49. The molecular weight excluding hydrogens is 246 g/mol. The van der Waals surface area contributed by atoms with Crippen molar-refractivity contribution in [1.29, 1.82) is 0 Å². The van der Waals surface area contributed by atoms with Gasteiger partial charge in [-0.2, -0.15) is 0 Å². The van der Waals surface area contributed by atoms with E-state index in [-0.39, 0.29) is 0 Å². The van der Waals surface area contributed by atoms with Crippen LogP contribution in [0.15, 0.2) is 24.3 Å². The highest BCUT2D eigenvalue weighted by molar-refractivity contribution is 5.37. The highest BCUT2D eigenvalue weighted by Crippen LogP contribution is 2.44. The molecule has 1 aromatic rings. The first kappa shape index (κ1) is 12.7. The van der Waals surface area contributed by atoms with Gasteiger partial charge >= 0.3 is 0 Å². The third kappa shape index (κ3) is 2.58. The summed E-state index contributed by atoms with van der Waals surface area (Å²) in [5, 5.41) is 3.72. The van der Waals surface area contributed by atoms with E-state index in [0.717, 1.165) is 36.2 Å². The molecule has 2 fully saturated rings. The van der Waals surface area contributed by atoms with E-state index in [2.05, 4.69) is 29.6 Å². The van der Waals surface area contributed by atoms with Crippen LogP contribution in [0.3, 0.4) is 0 Å². The number of para-hydroxylation sites is 1. The maximum atomic E-state index is 5.79. The van der Waals surface area contributed by atoms with Crippen LogP contribution in [-0.4, -0.2) is 19.2 Å². The van der Waals surface area contributed by atoms with Crippen molar-refractivity contribution < 1.29 is 4.74 Å². The number of ether oxygens (including phenoxy) is 1. The van der Waals surface area contributed by atoms with E-state index in [0.29, 0.717) is 0 Å². The van der Waals surface area contributed by atoms with Gasteiger partial charge in [0.1, 0.15) is 5.75 Å². The fraction of sp³-hybridized carbons (Fsp3) is 0.667. The average molecular weight is 271 g/mol. The summed E-state index contributed by atoms with van der Waals surface area (Å²) in [7, 11) is 0. The van der Waals surface area contributed by atoms with Crippen molar-refractivity contribution in [3.8, 4) is 5.75 Å². The lowest BCUT2D eigenvalue weighted by Gasteiger charge is -2.40. The minimum Gasteiger partial charge on any atom is -0.493 e. The number of nitrogens with one attached hydrogen (secondary N) is 1. The molecule has 1 aliphatic heterocycles. The Morgan fingerprint density at radius 3 is 2.65 bits per heavy atom. The molecule has 3 aliphatic rings. The summed E-state index contributed by atoms with van der Waals surface area (Å²) >= 11 is 0. The second-order valence-electron chi connectivity index (χ2n) is 6.89. The SMILES string of the molecule is c1ccc2c(c1)OCCC2CC1CCC1CNC1CC1. The molecule has 1 N–H and O–H groups in total. The zero-order valence-electron chi connectivity index (χ0n) is 12.2. The number of fused-ring (bicyclic) bond motifs is 1. The molecule has 0 bridgehead atoms. The summed E-state index contributed by atoms with van der Waals surface area (Å²) in [6.45, 7) is 2.17. The quantitative estimate of drug-likeness (QED) is 0.881. The van der Waals surface area contributed by atoms with Crippen LogP contribution in [0, 0.1) is 11.8 Å². The van der Waals surface area contributed by atoms with E-state index in [1.54, 1.807) is 0 Å². The Labute approximate surface area is 121 Å². The lowest BCUT2D eigenvalue weighted by molar-refractivity contribution is 0.138. The zero-order valence-corrected chi connectivity index (χ0v) is 12.2. The Morgan fingerprint density at radius 1 is 1.00 bits per heavy atom. The van der Waals surface area contributed by atoms with Crippen LogP contribution in [-0.2, 0) is 0 Å². The molecule has 1 heterocycles. The molecule has 2 saturated carbocycles. The summed E-state index contributed by atoms with van der Waals surface area (Å²) in [6.07, 6.45) is 8.27. The van der Waals surface area contributed by atoms with Gasteiger partial charge in [-0.15, -0.1) is 0 Å². The van der Waals surface area contributed by atoms with E-state index in [4.69, 9.17) is 4.74 Å². The van der Waals surface area contributed by atoms with Crippen LogP contribution < -0.4 is 10.1 Å². The van der Waals surface area contributed by atoms with E-state index in [1.165, 1.54) is 50.6 Å². The van der Waals surface area contributed by atoms with E-state index >= 15 is 0 Å². The average Bonchev–Trinajstić information content (AvgIpc) is 3.28. The van der Waals surface area contributed by atoms with Crippen molar-refractivity contribution in [2.24, 2.45) is 11.8 Å². The van der Waals surface area contributed by atoms with Crippen LogP contribution in [0.4, 0.5) is 0 Å². The Hall–Kier alpha value is -1.02. The molecular formula is C18H25NO. The topological polar surface area (TPSA) is 21.3 Å². The maximum absolute atomic E-state index is 5.79. The summed E-state index contributed by atoms with van der Waals surface area (Å²) in [6, 6.07) is 9.52. The molecule has 2 aliphatic carbocycles. The van der Waals surface area contributed by atoms with Crippen molar-refractivity contribution >= 4 is 0 Å². The predicted octanol–water partition coefficient (Wildman–Crippen LogP) is 3.72. The Morgan fingerprint density at radius 2 is 1.85 bits per heavy atom. The van der Waals surface area contributed by atoms with Gasteiger partial charge in [0.15, 0.2) is 0 Å². The number of hydrogen-bond donors (Lipinski definition) is 1. The van der Waals surface area contributed by atoms with Crippen LogP contribution in [0.5, 0.6) is 5.75 Å².